The predicted octanol–water partition coefficient (Wildman–Crippen LogP) is 1.43. The van der Waals surface area contributed by atoms with Crippen molar-refractivity contribution in [3.8, 4) is 12.0 Å². The van der Waals surface area contributed by atoms with Crippen LogP contribution in [-0.2, 0) is 9.47 Å². The third kappa shape index (κ3) is 2.27. The van der Waals surface area contributed by atoms with Gasteiger partial charge in [-0.2, -0.15) is 0 Å². The summed E-state index contributed by atoms with van der Waals surface area (Å²) < 4.78 is 9.21. The van der Waals surface area contributed by atoms with E-state index in [1.807, 2.05) is 0 Å². The number of benzene rings is 1. The summed E-state index contributed by atoms with van der Waals surface area (Å²) in [4.78, 5) is 11.3. The Labute approximate surface area is 82.6 Å². The van der Waals surface area contributed by atoms with E-state index in [1.165, 1.54) is 14.2 Å². The molecule has 3 nitrogen and oxygen atoms in total. The first-order valence-electron chi connectivity index (χ1n) is 4.01. The van der Waals surface area contributed by atoms with Crippen LogP contribution >= 0.6 is 0 Å². The van der Waals surface area contributed by atoms with Crippen molar-refractivity contribution >= 4 is 5.97 Å². The van der Waals surface area contributed by atoms with E-state index in [0.29, 0.717) is 11.1 Å². The molecule has 0 atom stereocenters. The fraction of sp³-hybridized carbons (Fsp3) is 0.182. The Balaban J connectivity index is 3.09. The van der Waals surface area contributed by atoms with Crippen molar-refractivity contribution in [3.63, 3.8) is 0 Å². The van der Waals surface area contributed by atoms with Crippen molar-refractivity contribution in [3.05, 3.63) is 35.4 Å². The normalized spacial score (nSPS) is 8.43. The molecule has 1 aromatic carbocycles. The third-order valence-electron chi connectivity index (χ3n) is 1.62. The second kappa shape index (κ2) is 4.93. The first kappa shape index (κ1) is 10.1. The maximum atomic E-state index is 11.3. The molecule has 0 N–H and O–H groups in total. The molecule has 0 unspecified atom stereocenters. The number of carbonyl (C=O) groups excluding carboxylic acids is 1. The number of rotatable bonds is 1. The zero-order chi connectivity index (χ0) is 10.4. The van der Waals surface area contributed by atoms with Gasteiger partial charge in [0.15, 0.2) is 0 Å². The van der Waals surface area contributed by atoms with Crippen LogP contribution in [0.2, 0.25) is 0 Å². The van der Waals surface area contributed by atoms with Gasteiger partial charge in [-0.25, -0.2) is 4.79 Å². The van der Waals surface area contributed by atoms with Gasteiger partial charge in [0.25, 0.3) is 0 Å². The molecular formula is C11H10O3. The van der Waals surface area contributed by atoms with Gasteiger partial charge < -0.3 is 9.47 Å². The summed E-state index contributed by atoms with van der Waals surface area (Å²) in [5.41, 5.74) is 1.04. The zero-order valence-electron chi connectivity index (χ0n) is 8.03. The van der Waals surface area contributed by atoms with E-state index in [4.69, 9.17) is 0 Å². The Bertz CT molecular complexity index is 385. The van der Waals surface area contributed by atoms with Gasteiger partial charge >= 0.3 is 5.97 Å². The molecule has 1 aromatic rings. The van der Waals surface area contributed by atoms with Crippen molar-refractivity contribution in [1.82, 2.24) is 0 Å². The van der Waals surface area contributed by atoms with Gasteiger partial charge in [-0.3, -0.25) is 0 Å². The monoisotopic (exact) mass is 190 g/mol. The van der Waals surface area contributed by atoms with Gasteiger partial charge in [0, 0.05) is 5.56 Å². The fourth-order valence-corrected chi connectivity index (χ4v) is 0.986. The molecule has 3 heteroatoms. The maximum absolute atomic E-state index is 11.3. The molecule has 0 fully saturated rings. The topological polar surface area (TPSA) is 35.5 Å². The average Bonchev–Trinajstić information content (AvgIpc) is 2.25. The minimum absolute atomic E-state index is 0.397. The highest BCUT2D eigenvalue weighted by Crippen LogP contribution is 2.08. The Kier molecular flexibility index (Phi) is 3.57. The number of esters is 1. The molecule has 1 rings (SSSR count). The highest BCUT2D eigenvalue weighted by Gasteiger charge is 2.08. The lowest BCUT2D eigenvalue weighted by Gasteiger charge is -2.00. The molecule has 0 aliphatic rings. The molecule has 0 heterocycles. The van der Waals surface area contributed by atoms with Crippen LogP contribution in [0.3, 0.4) is 0 Å². The van der Waals surface area contributed by atoms with Crippen LogP contribution < -0.4 is 0 Å². The lowest BCUT2D eigenvalue weighted by molar-refractivity contribution is 0.0600. The van der Waals surface area contributed by atoms with E-state index in [1.54, 1.807) is 24.3 Å². The minimum Gasteiger partial charge on any atom is -0.465 e. The Morgan fingerprint density at radius 3 is 2.64 bits per heavy atom. The van der Waals surface area contributed by atoms with E-state index < -0.39 is 5.97 Å². The lowest BCUT2D eigenvalue weighted by atomic mass is 10.1. The molecule has 0 radical (unpaired) electrons. The SMILES string of the molecule is COC#Cc1ccccc1C(=O)OC. The van der Waals surface area contributed by atoms with E-state index >= 15 is 0 Å². The van der Waals surface area contributed by atoms with Gasteiger partial charge in [0.1, 0.15) is 6.11 Å². The second-order valence-corrected chi connectivity index (χ2v) is 2.47. The minimum atomic E-state index is -0.397. The van der Waals surface area contributed by atoms with Crippen LogP contribution in [0.4, 0.5) is 0 Å². The van der Waals surface area contributed by atoms with Crippen molar-refractivity contribution in [2.75, 3.05) is 14.2 Å². The number of ether oxygens (including phenoxy) is 2. The number of hydrogen-bond acceptors (Lipinski definition) is 3. The largest absolute Gasteiger partial charge is 0.465 e. The summed E-state index contributed by atoms with van der Waals surface area (Å²) in [6.07, 6.45) is 2.43. The van der Waals surface area contributed by atoms with Crippen molar-refractivity contribution < 1.29 is 14.3 Å². The Morgan fingerprint density at radius 1 is 1.29 bits per heavy atom. The molecule has 0 aliphatic heterocycles. The van der Waals surface area contributed by atoms with Gasteiger partial charge in [-0.1, -0.05) is 12.1 Å². The average molecular weight is 190 g/mol. The highest BCUT2D eigenvalue weighted by atomic mass is 16.5. The molecule has 0 aliphatic carbocycles. The van der Waals surface area contributed by atoms with Gasteiger partial charge in [-0.15, -0.1) is 0 Å². The first-order chi connectivity index (χ1) is 6.79. The summed E-state index contributed by atoms with van der Waals surface area (Å²) in [6, 6.07) is 6.94. The second-order valence-electron chi connectivity index (χ2n) is 2.47. The van der Waals surface area contributed by atoms with E-state index in [2.05, 4.69) is 21.5 Å². The summed E-state index contributed by atoms with van der Waals surface area (Å²) in [7, 11) is 2.80. The van der Waals surface area contributed by atoms with E-state index in [-0.39, 0.29) is 0 Å². The van der Waals surface area contributed by atoms with Gasteiger partial charge in [-0.05, 0) is 18.1 Å². The zero-order valence-corrected chi connectivity index (χ0v) is 8.03. The standard InChI is InChI=1S/C11H10O3/c1-13-8-7-9-5-3-4-6-10(9)11(12)14-2/h3-6H,1-2H3. The van der Waals surface area contributed by atoms with Crippen LogP contribution in [0.5, 0.6) is 0 Å². The summed E-state index contributed by atoms with van der Waals surface area (Å²) in [5, 5.41) is 0. The molecule has 14 heavy (non-hydrogen) atoms. The van der Waals surface area contributed by atoms with Crippen LogP contribution in [0.15, 0.2) is 24.3 Å². The van der Waals surface area contributed by atoms with Crippen molar-refractivity contribution in [2.24, 2.45) is 0 Å². The molecule has 0 amide bonds. The van der Waals surface area contributed by atoms with Crippen LogP contribution in [0, 0.1) is 12.0 Å². The van der Waals surface area contributed by atoms with Gasteiger partial charge in [0.2, 0.25) is 0 Å². The first-order valence-corrected chi connectivity index (χ1v) is 4.01. The quantitative estimate of drug-likeness (QED) is 0.496. The summed E-state index contributed by atoms with van der Waals surface area (Å²) in [6.45, 7) is 0. The summed E-state index contributed by atoms with van der Waals surface area (Å²) >= 11 is 0. The van der Waals surface area contributed by atoms with Crippen LogP contribution in [-0.4, -0.2) is 20.2 Å². The number of hydrogen-bond donors (Lipinski definition) is 0. The Morgan fingerprint density at radius 2 is 2.00 bits per heavy atom. The Hall–Kier alpha value is -1.95. The smallest absolute Gasteiger partial charge is 0.339 e. The summed E-state index contributed by atoms with van der Waals surface area (Å²) in [5.74, 6) is 2.31. The predicted molar refractivity (Wildman–Crippen MR) is 51.7 cm³/mol. The van der Waals surface area contributed by atoms with Crippen LogP contribution in [0.25, 0.3) is 0 Å². The van der Waals surface area contributed by atoms with Crippen molar-refractivity contribution in [2.45, 2.75) is 0 Å². The van der Waals surface area contributed by atoms with Crippen molar-refractivity contribution in [1.29, 1.82) is 0 Å². The van der Waals surface area contributed by atoms with E-state index in [0.717, 1.165) is 0 Å². The molecule has 0 spiro atoms. The molecule has 0 saturated carbocycles. The molecule has 0 bridgehead atoms. The number of methoxy groups -OCH3 is 2. The highest BCUT2D eigenvalue weighted by molar-refractivity contribution is 5.92. The van der Waals surface area contributed by atoms with E-state index in [9.17, 15) is 4.79 Å². The molecular weight excluding hydrogens is 180 g/mol. The molecule has 0 saturated heterocycles. The molecule has 0 aromatic heterocycles. The van der Waals surface area contributed by atoms with Gasteiger partial charge in [0.05, 0.1) is 19.8 Å². The maximum Gasteiger partial charge on any atom is 0.339 e. The molecule has 72 valence electrons. The number of carbonyl (C=O) groups is 1. The fourth-order valence-electron chi connectivity index (χ4n) is 0.986. The third-order valence-corrected chi connectivity index (χ3v) is 1.62. The van der Waals surface area contributed by atoms with Crippen LogP contribution in [0.1, 0.15) is 15.9 Å². The lowest BCUT2D eigenvalue weighted by Crippen LogP contribution is -2.03.